The van der Waals surface area contributed by atoms with Crippen molar-refractivity contribution in [3.05, 3.63) is 35.6 Å². The summed E-state index contributed by atoms with van der Waals surface area (Å²) in [4.78, 5) is 13.4. The standard InChI is InChI=1S/C12H14FNO2/c13-10-3-1-2-9(6-10)7-12(16)14-5-4-11(15)8-14/h1-3,6,11,15H,4-5,7-8H2. The number of aliphatic hydroxyl groups excluding tert-OH is 1. The molecule has 1 saturated heterocycles. The molecule has 1 aliphatic heterocycles. The quantitative estimate of drug-likeness (QED) is 0.811. The molecule has 0 aliphatic carbocycles. The molecule has 1 amide bonds. The molecule has 0 aromatic heterocycles. The Bertz CT molecular complexity index is 394. The summed E-state index contributed by atoms with van der Waals surface area (Å²) in [5.74, 6) is -0.381. The minimum Gasteiger partial charge on any atom is -0.391 e. The number of halogens is 1. The van der Waals surface area contributed by atoms with Crippen molar-refractivity contribution >= 4 is 5.91 Å². The van der Waals surface area contributed by atoms with Gasteiger partial charge in [0.25, 0.3) is 0 Å². The minimum atomic E-state index is -0.406. The first-order valence-electron chi connectivity index (χ1n) is 5.35. The molecule has 4 heteroatoms. The first-order valence-corrected chi connectivity index (χ1v) is 5.35. The third-order valence-electron chi connectivity index (χ3n) is 2.76. The second-order valence-corrected chi connectivity index (χ2v) is 4.09. The van der Waals surface area contributed by atoms with Crippen molar-refractivity contribution in [2.45, 2.75) is 18.9 Å². The van der Waals surface area contributed by atoms with Crippen molar-refractivity contribution in [2.24, 2.45) is 0 Å². The number of benzene rings is 1. The van der Waals surface area contributed by atoms with E-state index in [1.165, 1.54) is 12.1 Å². The lowest BCUT2D eigenvalue weighted by molar-refractivity contribution is -0.129. The Morgan fingerprint density at radius 2 is 2.38 bits per heavy atom. The Kier molecular flexibility index (Phi) is 3.19. The summed E-state index contributed by atoms with van der Waals surface area (Å²) in [5.41, 5.74) is 0.673. The lowest BCUT2D eigenvalue weighted by Crippen LogP contribution is -2.30. The number of β-amino-alcohol motifs (C(OH)–C–C–N with tert-alkyl or cyclic N) is 1. The van der Waals surface area contributed by atoms with E-state index in [1.54, 1.807) is 17.0 Å². The van der Waals surface area contributed by atoms with Gasteiger partial charge in [-0.1, -0.05) is 12.1 Å². The van der Waals surface area contributed by atoms with Crippen LogP contribution in [0.4, 0.5) is 4.39 Å². The average Bonchev–Trinajstić information content (AvgIpc) is 2.65. The maximum atomic E-state index is 12.9. The molecular formula is C12H14FNO2. The zero-order valence-corrected chi connectivity index (χ0v) is 8.90. The van der Waals surface area contributed by atoms with E-state index >= 15 is 0 Å². The lowest BCUT2D eigenvalue weighted by atomic mass is 10.1. The predicted molar refractivity (Wildman–Crippen MR) is 57.3 cm³/mol. The number of likely N-dealkylation sites (tertiary alicyclic amines) is 1. The molecule has 1 aliphatic rings. The van der Waals surface area contributed by atoms with E-state index in [0.29, 0.717) is 25.1 Å². The van der Waals surface area contributed by atoms with Crippen LogP contribution in [0.3, 0.4) is 0 Å². The van der Waals surface area contributed by atoms with E-state index in [1.807, 2.05) is 0 Å². The van der Waals surface area contributed by atoms with Crippen LogP contribution in [0, 0.1) is 5.82 Å². The highest BCUT2D eigenvalue weighted by molar-refractivity contribution is 5.79. The van der Waals surface area contributed by atoms with E-state index in [4.69, 9.17) is 0 Å². The maximum Gasteiger partial charge on any atom is 0.227 e. The van der Waals surface area contributed by atoms with Gasteiger partial charge in [-0.15, -0.1) is 0 Å². The summed E-state index contributed by atoms with van der Waals surface area (Å²) >= 11 is 0. The molecule has 1 fully saturated rings. The molecule has 0 spiro atoms. The molecule has 2 rings (SSSR count). The van der Waals surface area contributed by atoms with Crippen molar-refractivity contribution in [1.82, 2.24) is 4.90 Å². The number of aliphatic hydroxyl groups is 1. The molecule has 1 atom stereocenters. The highest BCUT2D eigenvalue weighted by Gasteiger charge is 2.24. The molecule has 16 heavy (non-hydrogen) atoms. The van der Waals surface area contributed by atoms with Crippen LogP contribution in [0.5, 0.6) is 0 Å². The van der Waals surface area contributed by atoms with Crippen LogP contribution in [-0.4, -0.2) is 35.1 Å². The van der Waals surface area contributed by atoms with Crippen LogP contribution in [0.2, 0.25) is 0 Å². The second kappa shape index (κ2) is 4.61. The van der Waals surface area contributed by atoms with E-state index in [-0.39, 0.29) is 18.1 Å². The van der Waals surface area contributed by atoms with Crippen LogP contribution in [0.25, 0.3) is 0 Å². The minimum absolute atomic E-state index is 0.0536. The van der Waals surface area contributed by atoms with Crippen molar-refractivity contribution in [3.8, 4) is 0 Å². The number of amides is 1. The molecule has 1 N–H and O–H groups in total. The van der Waals surface area contributed by atoms with Gasteiger partial charge in [0.15, 0.2) is 0 Å². The maximum absolute atomic E-state index is 12.9. The lowest BCUT2D eigenvalue weighted by Gasteiger charge is -2.15. The first-order chi connectivity index (χ1) is 7.65. The summed E-state index contributed by atoms with van der Waals surface area (Å²) in [7, 11) is 0. The van der Waals surface area contributed by atoms with Crippen LogP contribution in [-0.2, 0) is 11.2 Å². The van der Waals surface area contributed by atoms with E-state index in [9.17, 15) is 14.3 Å². The normalized spacial score (nSPS) is 20.1. The Morgan fingerprint density at radius 3 is 3.00 bits per heavy atom. The number of nitrogens with zero attached hydrogens (tertiary/aromatic N) is 1. The zero-order chi connectivity index (χ0) is 11.5. The highest BCUT2D eigenvalue weighted by atomic mass is 19.1. The van der Waals surface area contributed by atoms with Crippen LogP contribution in [0.1, 0.15) is 12.0 Å². The van der Waals surface area contributed by atoms with Crippen LogP contribution >= 0.6 is 0 Å². The smallest absolute Gasteiger partial charge is 0.227 e. The second-order valence-electron chi connectivity index (χ2n) is 4.09. The third kappa shape index (κ3) is 2.58. The average molecular weight is 223 g/mol. The van der Waals surface area contributed by atoms with Gasteiger partial charge in [-0.05, 0) is 24.1 Å². The summed E-state index contributed by atoms with van der Waals surface area (Å²) in [6.07, 6.45) is 0.427. The van der Waals surface area contributed by atoms with Crippen molar-refractivity contribution in [2.75, 3.05) is 13.1 Å². The van der Waals surface area contributed by atoms with Gasteiger partial charge < -0.3 is 10.0 Å². The molecule has 0 bridgehead atoms. The molecule has 0 radical (unpaired) electrons. The molecule has 1 aromatic carbocycles. The van der Waals surface area contributed by atoms with Gasteiger partial charge in [0.1, 0.15) is 5.82 Å². The SMILES string of the molecule is O=C(Cc1cccc(F)c1)N1CCC(O)C1. The molecule has 86 valence electrons. The molecule has 0 saturated carbocycles. The number of carbonyl (C=O) groups excluding carboxylic acids is 1. The molecular weight excluding hydrogens is 209 g/mol. The van der Waals surface area contributed by atoms with E-state index in [0.717, 1.165) is 0 Å². The van der Waals surface area contributed by atoms with Gasteiger partial charge in [0.05, 0.1) is 12.5 Å². The molecule has 1 heterocycles. The van der Waals surface area contributed by atoms with Gasteiger partial charge >= 0.3 is 0 Å². The van der Waals surface area contributed by atoms with E-state index < -0.39 is 6.10 Å². The fraction of sp³-hybridized carbons (Fsp3) is 0.417. The predicted octanol–water partition coefficient (Wildman–Crippen LogP) is 0.961. The fourth-order valence-corrected chi connectivity index (χ4v) is 1.90. The van der Waals surface area contributed by atoms with Gasteiger partial charge in [-0.3, -0.25) is 4.79 Å². The van der Waals surface area contributed by atoms with Crippen LogP contribution < -0.4 is 0 Å². The Balaban J connectivity index is 1.97. The topological polar surface area (TPSA) is 40.5 Å². The third-order valence-corrected chi connectivity index (χ3v) is 2.76. The number of hydrogen-bond acceptors (Lipinski definition) is 2. The summed E-state index contributed by atoms with van der Waals surface area (Å²) in [6, 6.07) is 6.04. The highest BCUT2D eigenvalue weighted by Crippen LogP contribution is 2.12. The summed E-state index contributed by atoms with van der Waals surface area (Å²) in [5, 5.41) is 9.30. The van der Waals surface area contributed by atoms with Crippen molar-refractivity contribution < 1.29 is 14.3 Å². The van der Waals surface area contributed by atoms with Gasteiger partial charge in [0, 0.05) is 13.1 Å². The van der Waals surface area contributed by atoms with Crippen molar-refractivity contribution in [1.29, 1.82) is 0 Å². The Morgan fingerprint density at radius 1 is 1.56 bits per heavy atom. The first kappa shape index (κ1) is 11.1. The van der Waals surface area contributed by atoms with Crippen molar-refractivity contribution in [3.63, 3.8) is 0 Å². The summed E-state index contributed by atoms with van der Waals surface area (Å²) < 4.78 is 12.9. The summed E-state index contributed by atoms with van der Waals surface area (Å²) in [6.45, 7) is 0.990. The zero-order valence-electron chi connectivity index (χ0n) is 8.90. The largest absolute Gasteiger partial charge is 0.391 e. The molecule has 3 nitrogen and oxygen atoms in total. The number of hydrogen-bond donors (Lipinski definition) is 1. The molecule has 1 aromatic rings. The Labute approximate surface area is 93.5 Å². The van der Waals surface area contributed by atoms with Gasteiger partial charge in [-0.2, -0.15) is 0 Å². The fourth-order valence-electron chi connectivity index (χ4n) is 1.90. The number of rotatable bonds is 2. The number of carbonyl (C=O) groups is 1. The van der Waals surface area contributed by atoms with Gasteiger partial charge in [0.2, 0.25) is 5.91 Å². The Hall–Kier alpha value is -1.42. The van der Waals surface area contributed by atoms with E-state index in [2.05, 4.69) is 0 Å². The monoisotopic (exact) mass is 223 g/mol. The van der Waals surface area contributed by atoms with Crippen LogP contribution in [0.15, 0.2) is 24.3 Å². The van der Waals surface area contributed by atoms with Gasteiger partial charge in [-0.25, -0.2) is 4.39 Å². The molecule has 1 unspecified atom stereocenters.